The Morgan fingerprint density at radius 2 is 2.17 bits per heavy atom. The summed E-state index contributed by atoms with van der Waals surface area (Å²) in [5, 5.41) is 11.4. The Balaban J connectivity index is 1.99. The molecule has 2 rings (SSSR count). The van der Waals surface area contributed by atoms with Gasteiger partial charge in [0.25, 0.3) is 0 Å². The Hall–Kier alpha value is -2.62. The minimum absolute atomic E-state index is 0.00658. The van der Waals surface area contributed by atoms with Crippen molar-refractivity contribution in [2.75, 3.05) is 18.4 Å². The molecule has 0 radical (unpaired) electrons. The zero-order chi connectivity index (χ0) is 17.7. The summed E-state index contributed by atoms with van der Waals surface area (Å²) in [6, 6.07) is 2.26. The molecule has 2 aromatic heterocycles. The molecule has 0 spiro atoms. The first-order valence-corrected chi connectivity index (χ1v) is 6.98. The SMILES string of the molecule is CCN(C[C@@H](O)C(F)(F)F)C(=O)Nc1ccc(-c2ncco2)cn1. The highest BCUT2D eigenvalue weighted by Crippen LogP contribution is 2.21. The van der Waals surface area contributed by atoms with E-state index in [0.29, 0.717) is 11.5 Å². The molecule has 1 atom stereocenters. The summed E-state index contributed by atoms with van der Waals surface area (Å²) in [6.07, 6.45) is -3.12. The Labute approximate surface area is 135 Å². The van der Waals surface area contributed by atoms with Crippen LogP contribution in [0, 0.1) is 0 Å². The summed E-state index contributed by atoms with van der Waals surface area (Å²) in [5.41, 5.74) is 0.581. The van der Waals surface area contributed by atoms with Crippen LogP contribution >= 0.6 is 0 Å². The standard InChI is InChI=1S/C14H15F3N4O3/c1-2-21(8-10(22)14(15,16)17)13(23)20-11-4-3-9(7-19-11)12-18-5-6-24-12/h3-7,10,22H,2,8H2,1H3,(H,19,20,23)/t10-/m1/s1. The van der Waals surface area contributed by atoms with Crippen LogP contribution in [0.1, 0.15) is 6.92 Å². The molecular formula is C14H15F3N4O3. The van der Waals surface area contributed by atoms with Crippen LogP contribution < -0.4 is 5.32 Å². The number of carbonyl (C=O) groups is 1. The van der Waals surface area contributed by atoms with Gasteiger partial charge in [-0.15, -0.1) is 0 Å². The van der Waals surface area contributed by atoms with E-state index in [2.05, 4.69) is 15.3 Å². The molecule has 0 unspecified atom stereocenters. The Morgan fingerprint density at radius 3 is 2.67 bits per heavy atom. The van der Waals surface area contributed by atoms with Crippen LogP contribution in [-0.2, 0) is 0 Å². The number of oxazole rings is 1. The number of hydrogen-bond acceptors (Lipinski definition) is 5. The van der Waals surface area contributed by atoms with Crippen molar-refractivity contribution in [1.82, 2.24) is 14.9 Å². The fraction of sp³-hybridized carbons (Fsp3) is 0.357. The summed E-state index contributed by atoms with van der Waals surface area (Å²) in [4.78, 5) is 20.7. The van der Waals surface area contributed by atoms with E-state index in [0.717, 1.165) is 4.90 Å². The number of nitrogens with zero attached hydrogens (tertiary/aromatic N) is 3. The van der Waals surface area contributed by atoms with Crippen LogP contribution in [0.25, 0.3) is 11.5 Å². The highest BCUT2D eigenvalue weighted by Gasteiger charge is 2.39. The molecule has 0 aliphatic carbocycles. The van der Waals surface area contributed by atoms with E-state index in [1.807, 2.05) is 0 Å². The normalized spacial score (nSPS) is 12.7. The summed E-state index contributed by atoms with van der Waals surface area (Å²) >= 11 is 0. The molecule has 0 aromatic carbocycles. The molecule has 2 amide bonds. The number of pyridine rings is 1. The second-order valence-corrected chi connectivity index (χ2v) is 4.80. The monoisotopic (exact) mass is 344 g/mol. The lowest BCUT2D eigenvalue weighted by atomic mass is 10.3. The van der Waals surface area contributed by atoms with Crippen LogP contribution in [0.5, 0.6) is 0 Å². The molecule has 0 saturated carbocycles. The van der Waals surface area contributed by atoms with E-state index in [-0.39, 0.29) is 12.4 Å². The van der Waals surface area contributed by atoms with Gasteiger partial charge in [-0.1, -0.05) is 0 Å². The first kappa shape index (κ1) is 17.7. The molecule has 0 fully saturated rings. The van der Waals surface area contributed by atoms with Gasteiger partial charge < -0.3 is 14.4 Å². The third kappa shape index (κ3) is 4.44. The predicted molar refractivity (Wildman–Crippen MR) is 78.1 cm³/mol. The van der Waals surface area contributed by atoms with E-state index >= 15 is 0 Å². The number of nitrogens with one attached hydrogen (secondary N) is 1. The van der Waals surface area contributed by atoms with Crippen molar-refractivity contribution in [3.63, 3.8) is 0 Å². The van der Waals surface area contributed by atoms with Gasteiger partial charge in [-0.25, -0.2) is 14.8 Å². The van der Waals surface area contributed by atoms with Crippen molar-refractivity contribution in [3.8, 4) is 11.5 Å². The molecule has 2 heterocycles. The van der Waals surface area contributed by atoms with E-state index in [4.69, 9.17) is 9.52 Å². The number of likely N-dealkylation sites (N-methyl/N-ethyl adjacent to an activating group) is 1. The fourth-order valence-electron chi connectivity index (χ4n) is 1.82. The Morgan fingerprint density at radius 1 is 1.42 bits per heavy atom. The number of hydrogen-bond donors (Lipinski definition) is 2. The zero-order valence-electron chi connectivity index (χ0n) is 12.6. The first-order valence-electron chi connectivity index (χ1n) is 6.98. The smallest absolute Gasteiger partial charge is 0.416 e. The minimum atomic E-state index is -4.79. The molecule has 0 aliphatic rings. The molecule has 7 nitrogen and oxygen atoms in total. The maximum atomic E-state index is 12.4. The lowest BCUT2D eigenvalue weighted by Crippen LogP contribution is -2.45. The average Bonchev–Trinajstić information content (AvgIpc) is 3.06. The molecular weight excluding hydrogens is 329 g/mol. The lowest BCUT2D eigenvalue weighted by Gasteiger charge is -2.25. The number of aromatic nitrogens is 2. The van der Waals surface area contributed by atoms with Crippen LogP contribution in [-0.4, -0.2) is 51.4 Å². The van der Waals surface area contributed by atoms with Gasteiger partial charge in [-0.05, 0) is 19.1 Å². The van der Waals surface area contributed by atoms with Crippen molar-refractivity contribution >= 4 is 11.8 Å². The van der Waals surface area contributed by atoms with Crippen molar-refractivity contribution in [1.29, 1.82) is 0 Å². The number of aliphatic hydroxyl groups excluding tert-OH is 1. The van der Waals surface area contributed by atoms with E-state index in [1.54, 1.807) is 6.07 Å². The Bertz CT molecular complexity index is 659. The van der Waals surface area contributed by atoms with Crippen molar-refractivity contribution in [2.24, 2.45) is 0 Å². The van der Waals surface area contributed by atoms with Crippen molar-refractivity contribution in [3.05, 3.63) is 30.8 Å². The molecule has 0 bridgehead atoms. The van der Waals surface area contributed by atoms with Crippen LogP contribution in [0.15, 0.2) is 35.2 Å². The largest absolute Gasteiger partial charge is 0.444 e. The number of aliphatic hydroxyl groups is 1. The highest BCUT2D eigenvalue weighted by atomic mass is 19.4. The van der Waals surface area contributed by atoms with Crippen molar-refractivity contribution in [2.45, 2.75) is 19.2 Å². The van der Waals surface area contributed by atoms with Gasteiger partial charge in [0, 0.05) is 12.7 Å². The van der Waals surface area contributed by atoms with E-state index < -0.39 is 24.9 Å². The van der Waals surface area contributed by atoms with Gasteiger partial charge >= 0.3 is 12.2 Å². The molecule has 2 N–H and O–H groups in total. The predicted octanol–water partition coefficient (Wildman–Crippen LogP) is 2.51. The molecule has 10 heteroatoms. The summed E-state index contributed by atoms with van der Waals surface area (Å²) < 4.78 is 42.2. The van der Waals surface area contributed by atoms with Gasteiger partial charge in [-0.2, -0.15) is 13.2 Å². The quantitative estimate of drug-likeness (QED) is 0.870. The molecule has 0 aliphatic heterocycles. The first-order chi connectivity index (χ1) is 11.3. The lowest BCUT2D eigenvalue weighted by molar-refractivity contribution is -0.206. The van der Waals surface area contributed by atoms with Crippen LogP contribution in [0.2, 0.25) is 0 Å². The van der Waals surface area contributed by atoms with Gasteiger partial charge in [0.15, 0.2) is 6.10 Å². The number of halogens is 3. The molecule has 0 saturated heterocycles. The number of alkyl halides is 3. The summed E-state index contributed by atoms with van der Waals surface area (Å²) in [7, 11) is 0. The summed E-state index contributed by atoms with van der Waals surface area (Å²) in [6.45, 7) is 0.634. The van der Waals surface area contributed by atoms with Gasteiger partial charge in [-0.3, -0.25) is 5.32 Å². The second-order valence-electron chi connectivity index (χ2n) is 4.80. The maximum absolute atomic E-state index is 12.4. The molecule has 130 valence electrons. The highest BCUT2D eigenvalue weighted by molar-refractivity contribution is 5.88. The number of urea groups is 1. The summed E-state index contributed by atoms with van der Waals surface area (Å²) in [5.74, 6) is 0.499. The topological polar surface area (TPSA) is 91.5 Å². The van der Waals surface area contributed by atoms with E-state index in [9.17, 15) is 18.0 Å². The van der Waals surface area contributed by atoms with Crippen LogP contribution in [0.4, 0.5) is 23.8 Å². The number of amides is 2. The van der Waals surface area contributed by atoms with Crippen molar-refractivity contribution < 1.29 is 27.5 Å². The van der Waals surface area contributed by atoms with Gasteiger partial charge in [0.2, 0.25) is 5.89 Å². The molecule has 24 heavy (non-hydrogen) atoms. The van der Waals surface area contributed by atoms with Gasteiger partial charge in [0.1, 0.15) is 12.1 Å². The fourth-order valence-corrected chi connectivity index (χ4v) is 1.82. The molecule has 2 aromatic rings. The van der Waals surface area contributed by atoms with Gasteiger partial charge in [0.05, 0.1) is 18.3 Å². The second kappa shape index (κ2) is 7.30. The Kier molecular flexibility index (Phi) is 5.39. The third-order valence-corrected chi connectivity index (χ3v) is 3.12. The minimum Gasteiger partial charge on any atom is -0.444 e. The average molecular weight is 344 g/mol. The maximum Gasteiger partial charge on any atom is 0.416 e. The number of carbonyl (C=O) groups excluding carboxylic acids is 1. The van der Waals surface area contributed by atoms with E-state index in [1.165, 1.54) is 31.6 Å². The number of rotatable bonds is 5. The zero-order valence-corrected chi connectivity index (χ0v) is 12.6. The third-order valence-electron chi connectivity index (χ3n) is 3.12. The van der Waals surface area contributed by atoms with Crippen LogP contribution in [0.3, 0.4) is 0 Å². The number of anilines is 1.